The maximum atomic E-state index is 11.4. The lowest BCUT2D eigenvalue weighted by Gasteiger charge is -2.33. The Morgan fingerprint density at radius 2 is 2.00 bits per heavy atom. The molecule has 2 aliphatic carbocycles. The summed E-state index contributed by atoms with van der Waals surface area (Å²) < 4.78 is 0. The summed E-state index contributed by atoms with van der Waals surface area (Å²) in [4.78, 5) is 18.9. The molecule has 0 spiro atoms. The third kappa shape index (κ3) is 2.68. The first kappa shape index (κ1) is 13.9. The van der Waals surface area contributed by atoms with Gasteiger partial charge in [0, 0.05) is 18.5 Å². The van der Waals surface area contributed by atoms with Crippen LogP contribution in [-0.4, -0.2) is 28.6 Å². The number of hydrogen-bond acceptors (Lipinski definition) is 4. The van der Waals surface area contributed by atoms with E-state index in [1.165, 1.54) is 43.4 Å². The lowest BCUT2D eigenvalue weighted by atomic mass is 9.94. The molecule has 3 rings (SSSR count). The molecular weight excluding hydrogens is 272 g/mol. The molecule has 0 aromatic carbocycles. The highest BCUT2D eigenvalue weighted by Gasteiger charge is 2.33. The van der Waals surface area contributed by atoms with Crippen LogP contribution in [0.2, 0.25) is 0 Å². The molecule has 4 nitrogen and oxygen atoms in total. The first-order valence-electron chi connectivity index (χ1n) is 7.71. The molecule has 20 heavy (non-hydrogen) atoms. The summed E-state index contributed by atoms with van der Waals surface area (Å²) in [7, 11) is 0. The molecule has 0 saturated heterocycles. The van der Waals surface area contributed by atoms with Gasteiger partial charge in [0.15, 0.2) is 5.13 Å². The number of aromatic carboxylic acids is 1. The normalized spacial score (nSPS) is 20.1. The maximum Gasteiger partial charge on any atom is 0.347 e. The van der Waals surface area contributed by atoms with Crippen molar-refractivity contribution < 1.29 is 9.90 Å². The minimum absolute atomic E-state index is 0.399. The van der Waals surface area contributed by atoms with Gasteiger partial charge < -0.3 is 10.0 Å². The largest absolute Gasteiger partial charge is 0.477 e. The van der Waals surface area contributed by atoms with Gasteiger partial charge in [-0.2, -0.15) is 0 Å². The zero-order chi connectivity index (χ0) is 14.1. The van der Waals surface area contributed by atoms with Gasteiger partial charge in [-0.05, 0) is 32.6 Å². The van der Waals surface area contributed by atoms with Crippen molar-refractivity contribution in [3.05, 3.63) is 10.6 Å². The summed E-state index contributed by atoms with van der Waals surface area (Å²) in [5.74, 6) is -0.411. The van der Waals surface area contributed by atoms with Crippen LogP contribution in [0, 0.1) is 0 Å². The Kier molecular flexibility index (Phi) is 3.96. The lowest BCUT2D eigenvalue weighted by molar-refractivity contribution is 0.0700. The van der Waals surface area contributed by atoms with Crippen molar-refractivity contribution in [2.45, 2.75) is 63.8 Å². The molecule has 2 saturated carbocycles. The third-order valence-corrected chi connectivity index (χ3v) is 5.50. The van der Waals surface area contributed by atoms with Gasteiger partial charge >= 0.3 is 5.97 Å². The van der Waals surface area contributed by atoms with Gasteiger partial charge in [0.05, 0.1) is 5.69 Å². The first-order chi connectivity index (χ1) is 9.70. The molecule has 0 bridgehead atoms. The molecule has 1 aromatic heterocycles. The van der Waals surface area contributed by atoms with Crippen molar-refractivity contribution in [3.63, 3.8) is 0 Å². The van der Waals surface area contributed by atoms with E-state index in [1.807, 2.05) is 0 Å². The molecule has 0 unspecified atom stereocenters. The van der Waals surface area contributed by atoms with E-state index in [2.05, 4.69) is 11.8 Å². The topological polar surface area (TPSA) is 53.4 Å². The summed E-state index contributed by atoms with van der Waals surface area (Å²) in [5.41, 5.74) is 0.840. The van der Waals surface area contributed by atoms with Gasteiger partial charge in [-0.15, -0.1) is 0 Å². The predicted molar refractivity (Wildman–Crippen MR) is 80.9 cm³/mol. The second-order valence-electron chi connectivity index (χ2n) is 5.87. The molecule has 1 heterocycles. The van der Waals surface area contributed by atoms with Gasteiger partial charge in [0.25, 0.3) is 0 Å². The molecule has 0 aliphatic heterocycles. The van der Waals surface area contributed by atoms with Crippen LogP contribution in [0.5, 0.6) is 0 Å². The van der Waals surface area contributed by atoms with Crippen molar-refractivity contribution >= 4 is 22.4 Å². The van der Waals surface area contributed by atoms with E-state index in [0.29, 0.717) is 16.8 Å². The number of carbonyl (C=O) groups is 1. The van der Waals surface area contributed by atoms with E-state index >= 15 is 0 Å². The average Bonchev–Trinajstić information content (AvgIpc) is 3.21. The second-order valence-corrected chi connectivity index (χ2v) is 6.85. The quantitative estimate of drug-likeness (QED) is 0.895. The summed E-state index contributed by atoms with van der Waals surface area (Å²) in [6.45, 7) is 3.06. The Morgan fingerprint density at radius 1 is 1.30 bits per heavy atom. The lowest BCUT2D eigenvalue weighted by Crippen LogP contribution is -2.36. The van der Waals surface area contributed by atoms with Crippen LogP contribution in [-0.2, 0) is 0 Å². The van der Waals surface area contributed by atoms with E-state index in [-0.39, 0.29) is 0 Å². The molecule has 2 aliphatic rings. The highest BCUT2D eigenvalue weighted by atomic mass is 32.1. The summed E-state index contributed by atoms with van der Waals surface area (Å²) in [6, 6.07) is 0.550. The Labute approximate surface area is 123 Å². The van der Waals surface area contributed by atoms with Crippen LogP contribution >= 0.6 is 11.3 Å². The molecule has 2 fully saturated rings. The molecule has 0 amide bonds. The molecule has 5 heteroatoms. The number of thiazole rings is 1. The van der Waals surface area contributed by atoms with E-state index in [0.717, 1.165) is 30.2 Å². The van der Waals surface area contributed by atoms with E-state index in [4.69, 9.17) is 4.98 Å². The van der Waals surface area contributed by atoms with Gasteiger partial charge in [-0.25, -0.2) is 9.78 Å². The summed E-state index contributed by atoms with van der Waals surface area (Å²) >= 11 is 1.38. The van der Waals surface area contributed by atoms with Crippen LogP contribution in [0.3, 0.4) is 0 Å². The Balaban J connectivity index is 1.87. The van der Waals surface area contributed by atoms with Crippen molar-refractivity contribution in [3.8, 4) is 0 Å². The SMILES string of the molecule is CCN(c1nc(C2CC2)c(C(=O)O)s1)C1CCCCC1. The molecular formula is C15H22N2O2S. The number of anilines is 1. The highest BCUT2D eigenvalue weighted by Crippen LogP contribution is 2.44. The van der Waals surface area contributed by atoms with Crippen molar-refractivity contribution in [2.75, 3.05) is 11.4 Å². The van der Waals surface area contributed by atoms with Crippen LogP contribution in [0.25, 0.3) is 0 Å². The second kappa shape index (κ2) is 5.72. The molecule has 0 radical (unpaired) electrons. The summed E-state index contributed by atoms with van der Waals surface area (Å²) in [6.07, 6.45) is 8.53. The number of rotatable bonds is 5. The molecule has 0 atom stereocenters. The van der Waals surface area contributed by atoms with Gasteiger partial charge in [-0.3, -0.25) is 0 Å². The third-order valence-electron chi connectivity index (χ3n) is 4.40. The zero-order valence-corrected chi connectivity index (χ0v) is 12.8. The Morgan fingerprint density at radius 3 is 2.55 bits per heavy atom. The average molecular weight is 294 g/mol. The number of nitrogens with zero attached hydrogens (tertiary/aromatic N) is 2. The maximum absolute atomic E-state index is 11.4. The number of carboxylic acid groups (broad SMARTS) is 1. The van der Waals surface area contributed by atoms with E-state index < -0.39 is 5.97 Å². The van der Waals surface area contributed by atoms with Crippen LogP contribution in [0.1, 0.15) is 73.2 Å². The zero-order valence-electron chi connectivity index (χ0n) is 12.0. The fourth-order valence-corrected chi connectivity index (χ4v) is 4.30. The van der Waals surface area contributed by atoms with Crippen molar-refractivity contribution in [1.29, 1.82) is 0 Å². The molecule has 1 aromatic rings. The monoisotopic (exact) mass is 294 g/mol. The van der Waals surface area contributed by atoms with Crippen molar-refractivity contribution in [1.82, 2.24) is 4.98 Å². The number of hydrogen-bond donors (Lipinski definition) is 1. The van der Waals surface area contributed by atoms with Gasteiger partial charge in [-0.1, -0.05) is 30.6 Å². The van der Waals surface area contributed by atoms with Crippen LogP contribution < -0.4 is 4.90 Å². The minimum atomic E-state index is -0.810. The smallest absolute Gasteiger partial charge is 0.347 e. The molecule has 110 valence electrons. The van der Waals surface area contributed by atoms with E-state index in [9.17, 15) is 9.90 Å². The summed E-state index contributed by atoms with van der Waals surface area (Å²) in [5, 5.41) is 10.3. The minimum Gasteiger partial charge on any atom is -0.477 e. The van der Waals surface area contributed by atoms with E-state index in [1.54, 1.807) is 0 Å². The number of carboxylic acids is 1. The van der Waals surface area contributed by atoms with Gasteiger partial charge in [0.2, 0.25) is 0 Å². The fourth-order valence-electron chi connectivity index (χ4n) is 3.17. The van der Waals surface area contributed by atoms with Crippen molar-refractivity contribution in [2.24, 2.45) is 0 Å². The standard InChI is InChI=1S/C15H22N2O2S/c1-2-17(11-6-4-3-5-7-11)15-16-12(10-8-9-10)13(20-15)14(18)19/h10-11H,2-9H2,1H3,(H,18,19). The first-order valence-corrected chi connectivity index (χ1v) is 8.53. The number of aromatic nitrogens is 1. The molecule has 1 N–H and O–H groups in total. The fraction of sp³-hybridized carbons (Fsp3) is 0.733. The predicted octanol–water partition coefficient (Wildman–Crippen LogP) is 3.88. The Hall–Kier alpha value is -1.10. The van der Waals surface area contributed by atoms with Crippen LogP contribution in [0.4, 0.5) is 5.13 Å². The highest BCUT2D eigenvalue weighted by molar-refractivity contribution is 7.17. The van der Waals surface area contributed by atoms with Gasteiger partial charge in [0.1, 0.15) is 4.88 Å². The Bertz CT molecular complexity index is 490. The van der Waals surface area contributed by atoms with Crippen LogP contribution in [0.15, 0.2) is 0 Å².